The Balaban J connectivity index is 1.87. The lowest BCUT2D eigenvalue weighted by molar-refractivity contribution is -0.118. The molecular formula is C23H32N4O2. The fourth-order valence-corrected chi connectivity index (χ4v) is 3.60. The van der Waals surface area contributed by atoms with Crippen LogP contribution in [-0.2, 0) is 4.79 Å². The highest BCUT2D eigenvalue weighted by Crippen LogP contribution is 2.25. The topological polar surface area (TPSA) is 65.5 Å². The maximum absolute atomic E-state index is 13.4. The molecule has 1 saturated heterocycles. The monoisotopic (exact) mass is 396 g/mol. The van der Waals surface area contributed by atoms with Gasteiger partial charge >= 0.3 is 0 Å². The third-order valence-corrected chi connectivity index (χ3v) is 5.46. The average Bonchev–Trinajstić information content (AvgIpc) is 2.71. The second-order valence-electron chi connectivity index (χ2n) is 8.17. The number of hydrogen-bond acceptors (Lipinski definition) is 4. The molecule has 29 heavy (non-hydrogen) atoms. The Labute approximate surface area is 173 Å². The number of aromatic nitrogens is 1. The minimum Gasteiger partial charge on any atom is -0.336 e. The summed E-state index contributed by atoms with van der Waals surface area (Å²) in [6, 6.07) is 7.53. The largest absolute Gasteiger partial charge is 0.336 e. The first-order chi connectivity index (χ1) is 13.9. The maximum Gasteiger partial charge on any atom is 0.254 e. The number of hydrogen-bond donors (Lipinski definition) is 1. The number of nitrogens with one attached hydrogen (secondary N) is 1. The van der Waals surface area contributed by atoms with Crippen molar-refractivity contribution in [1.82, 2.24) is 14.8 Å². The number of benzene rings is 1. The van der Waals surface area contributed by atoms with E-state index in [2.05, 4.69) is 22.1 Å². The van der Waals surface area contributed by atoms with E-state index in [0.717, 1.165) is 49.3 Å². The molecule has 1 aromatic carbocycles. The van der Waals surface area contributed by atoms with Gasteiger partial charge in [0.05, 0.1) is 11.1 Å². The molecule has 6 heteroatoms. The lowest BCUT2D eigenvalue weighted by Crippen LogP contribution is -2.48. The number of unbranched alkanes of at least 4 members (excludes halogenated alkanes) is 1. The van der Waals surface area contributed by atoms with Crippen LogP contribution in [0.4, 0.5) is 5.69 Å². The van der Waals surface area contributed by atoms with Gasteiger partial charge in [0.1, 0.15) is 0 Å². The number of fused-ring (bicyclic) bond motifs is 1. The van der Waals surface area contributed by atoms with Gasteiger partial charge in [-0.1, -0.05) is 33.3 Å². The molecule has 0 aliphatic carbocycles. The van der Waals surface area contributed by atoms with Crippen LogP contribution in [0, 0.1) is 12.8 Å². The zero-order valence-electron chi connectivity index (χ0n) is 18.0. The van der Waals surface area contributed by atoms with E-state index in [-0.39, 0.29) is 17.7 Å². The van der Waals surface area contributed by atoms with Gasteiger partial charge in [-0.3, -0.25) is 19.5 Å². The van der Waals surface area contributed by atoms with E-state index < -0.39 is 0 Å². The summed E-state index contributed by atoms with van der Waals surface area (Å²) in [4.78, 5) is 34.5. The van der Waals surface area contributed by atoms with Crippen molar-refractivity contribution in [3.05, 3.63) is 35.5 Å². The minimum atomic E-state index is -0.133. The molecule has 0 bridgehead atoms. The van der Waals surface area contributed by atoms with Crippen LogP contribution in [0.15, 0.2) is 24.3 Å². The average molecular weight is 397 g/mol. The summed E-state index contributed by atoms with van der Waals surface area (Å²) in [6.07, 6.45) is 2.38. The normalized spacial score (nSPS) is 15.1. The van der Waals surface area contributed by atoms with Crippen LogP contribution in [0.2, 0.25) is 0 Å². The van der Waals surface area contributed by atoms with Gasteiger partial charge in [-0.15, -0.1) is 0 Å². The molecule has 156 valence electrons. The number of rotatable bonds is 6. The van der Waals surface area contributed by atoms with Gasteiger partial charge in [-0.25, -0.2) is 0 Å². The molecule has 0 unspecified atom stereocenters. The Morgan fingerprint density at radius 1 is 1.14 bits per heavy atom. The third-order valence-electron chi connectivity index (χ3n) is 5.46. The van der Waals surface area contributed by atoms with Crippen LogP contribution < -0.4 is 5.32 Å². The Morgan fingerprint density at radius 3 is 2.52 bits per heavy atom. The fourth-order valence-electron chi connectivity index (χ4n) is 3.60. The number of carbonyl (C=O) groups is 2. The van der Waals surface area contributed by atoms with E-state index in [9.17, 15) is 9.59 Å². The first kappa shape index (κ1) is 21.2. The predicted octanol–water partition coefficient (Wildman–Crippen LogP) is 3.70. The number of pyridine rings is 1. The van der Waals surface area contributed by atoms with Crippen molar-refractivity contribution in [1.29, 1.82) is 0 Å². The van der Waals surface area contributed by atoms with Crippen molar-refractivity contribution in [2.75, 3.05) is 38.0 Å². The number of anilines is 1. The van der Waals surface area contributed by atoms with Crippen molar-refractivity contribution in [3.63, 3.8) is 0 Å². The number of carbonyl (C=O) groups excluding carboxylic acids is 2. The Hall–Kier alpha value is -2.47. The molecule has 3 rings (SSSR count). The highest BCUT2D eigenvalue weighted by Gasteiger charge is 2.24. The quantitative estimate of drug-likeness (QED) is 0.809. The van der Waals surface area contributed by atoms with Crippen molar-refractivity contribution in [2.45, 2.75) is 40.5 Å². The number of amides is 2. The maximum atomic E-state index is 13.4. The number of aryl methyl sites for hydroxylation is 1. The summed E-state index contributed by atoms with van der Waals surface area (Å²) in [6.45, 7) is 12.2. The molecule has 0 spiro atoms. The molecule has 6 nitrogen and oxygen atoms in total. The van der Waals surface area contributed by atoms with Crippen LogP contribution in [0.25, 0.3) is 10.9 Å². The van der Waals surface area contributed by atoms with Crippen molar-refractivity contribution in [3.8, 4) is 0 Å². The zero-order chi connectivity index (χ0) is 21.0. The lowest BCUT2D eigenvalue weighted by Gasteiger charge is -2.35. The molecule has 1 aromatic heterocycles. The summed E-state index contributed by atoms with van der Waals surface area (Å²) in [5, 5.41) is 3.75. The summed E-state index contributed by atoms with van der Waals surface area (Å²) in [5.41, 5.74) is 2.85. The van der Waals surface area contributed by atoms with Gasteiger partial charge in [0, 0.05) is 48.9 Å². The van der Waals surface area contributed by atoms with Crippen LogP contribution in [0.5, 0.6) is 0 Å². The molecule has 1 N–H and O–H groups in total. The standard InChI is InChI=1S/C23H32N4O2/c1-5-6-9-26-10-12-27(13-11-26)23(29)20-14-18(25-22(28)16(2)3)15-21-19(20)8-7-17(4)24-21/h7-8,14-16H,5-6,9-13H2,1-4H3,(H,25,28). The van der Waals surface area contributed by atoms with Gasteiger partial charge in [0.2, 0.25) is 5.91 Å². The van der Waals surface area contributed by atoms with E-state index in [0.29, 0.717) is 11.3 Å². The van der Waals surface area contributed by atoms with E-state index in [1.165, 1.54) is 12.8 Å². The minimum absolute atomic E-state index is 0.0106. The van der Waals surface area contributed by atoms with Crippen LogP contribution >= 0.6 is 0 Å². The summed E-state index contributed by atoms with van der Waals surface area (Å²) in [7, 11) is 0. The molecule has 1 fully saturated rings. The molecule has 2 aromatic rings. The Kier molecular flexibility index (Phi) is 6.85. The summed E-state index contributed by atoms with van der Waals surface area (Å²) >= 11 is 0. The van der Waals surface area contributed by atoms with Crippen LogP contribution in [0.3, 0.4) is 0 Å². The molecule has 1 aliphatic rings. The molecule has 2 heterocycles. The van der Waals surface area contributed by atoms with Crippen molar-refractivity contribution in [2.24, 2.45) is 5.92 Å². The lowest BCUT2D eigenvalue weighted by atomic mass is 10.0. The first-order valence-corrected chi connectivity index (χ1v) is 10.6. The van der Waals surface area contributed by atoms with Crippen molar-refractivity contribution >= 4 is 28.4 Å². The van der Waals surface area contributed by atoms with Gasteiger partial charge in [-0.05, 0) is 38.1 Å². The smallest absolute Gasteiger partial charge is 0.254 e. The van der Waals surface area contributed by atoms with Crippen molar-refractivity contribution < 1.29 is 9.59 Å². The van der Waals surface area contributed by atoms with E-state index >= 15 is 0 Å². The Bertz CT molecular complexity index is 886. The fraction of sp³-hybridized carbons (Fsp3) is 0.522. The number of piperazine rings is 1. The van der Waals surface area contributed by atoms with Gasteiger partial charge in [0.25, 0.3) is 5.91 Å². The number of nitrogens with zero attached hydrogens (tertiary/aromatic N) is 3. The predicted molar refractivity (Wildman–Crippen MR) is 117 cm³/mol. The second-order valence-corrected chi connectivity index (χ2v) is 8.17. The molecule has 0 saturated carbocycles. The zero-order valence-corrected chi connectivity index (χ0v) is 18.0. The summed E-state index contributed by atoms with van der Waals surface area (Å²) in [5.74, 6) is -0.192. The SMILES string of the molecule is CCCCN1CCN(C(=O)c2cc(NC(=O)C(C)C)cc3nc(C)ccc23)CC1. The van der Waals surface area contributed by atoms with Gasteiger partial charge < -0.3 is 10.2 Å². The summed E-state index contributed by atoms with van der Waals surface area (Å²) < 4.78 is 0. The van der Waals surface area contributed by atoms with E-state index in [1.807, 2.05) is 43.9 Å². The third kappa shape index (κ3) is 5.12. The first-order valence-electron chi connectivity index (χ1n) is 10.6. The molecule has 2 amide bonds. The Morgan fingerprint density at radius 2 is 1.86 bits per heavy atom. The van der Waals surface area contributed by atoms with E-state index in [1.54, 1.807) is 6.07 Å². The van der Waals surface area contributed by atoms with Crippen LogP contribution in [-0.4, -0.2) is 59.3 Å². The van der Waals surface area contributed by atoms with Gasteiger partial charge in [0.15, 0.2) is 0 Å². The molecule has 1 aliphatic heterocycles. The molecule has 0 radical (unpaired) electrons. The van der Waals surface area contributed by atoms with Gasteiger partial charge in [-0.2, -0.15) is 0 Å². The second kappa shape index (κ2) is 9.35. The van der Waals surface area contributed by atoms with Crippen LogP contribution in [0.1, 0.15) is 49.7 Å². The molecular weight excluding hydrogens is 364 g/mol. The van der Waals surface area contributed by atoms with E-state index in [4.69, 9.17) is 0 Å². The highest BCUT2D eigenvalue weighted by atomic mass is 16.2. The molecule has 0 atom stereocenters. The highest BCUT2D eigenvalue weighted by molar-refractivity contribution is 6.08.